The Bertz CT molecular complexity index is 462. The largest absolute Gasteiger partial charge is 0.339 e. The van der Waals surface area contributed by atoms with Gasteiger partial charge in [-0.15, -0.1) is 0 Å². The number of hydrogen-bond acceptors (Lipinski definition) is 4. The zero-order valence-electron chi connectivity index (χ0n) is 9.13. The molecule has 0 unspecified atom stereocenters. The second kappa shape index (κ2) is 4.15. The Hall–Kier alpha value is -0.920. The molecule has 6 nitrogen and oxygen atoms in total. The molecule has 0 radical (unpaired) electrons. The molecule has 1 aliphatic carbocycles. The smallest absolute Gasteiger partial charge is 0.259 e. The Balaban J connectivity index is 1.93. The van der Waals surface area contributed by atoms with E-state index in [-0.39, 0.29) is 11.1 Å². The van der Waals surface area contributed by atoms with Gasteiger partial charge in [-0.05, 0) is 18.8 Å². The van der Waals surface area contributed by atoms with Crippen molar-refractivity contribution in [2.45, 2.75) is 23.9 Å². The van der Waals surface area contributed by atoms with Crippen molar-refractivity contribution in [3.05, 3.63) is 12.5 Å². The number of nitrogens with two attached hydrogens (primary N) is 1. The van der Waals surface area contributed by atoms with Gasteiger partial charge in [-0.3, -0.25) is 0 Å². The van der Waals surface area contributed by atoms with E-state index in [1.54, 1.807) is 11.6 Å². The van der Waals surface area contributed by atoms with Crippen LogP contribution in [0.2, 0.25) is 0 Å². The lowest BCUT2D eigenvalue weighted by Gasteiger charge is -2.32. The standard InChI is InChI=1S/C9H16N4O2S/c1-13-5-9(11-6-13)16(14,15)12-4-7-2-8(10)3-7/h5-8,12H,2-4,10H2,1H3. The van der Waals surface area contributed by atoms with E-state index in [0.29, 0.717) is 12.5 Å². The molecule has 1 aliphatic rings. The Morgan fingerprint density at radius 1 is 1.62 bits per heavy atom. The van der Waals surface area contributed by atoms with Crippen LogP contribution in [-0.2, 0) is 17.1 Å². The lowest BCUT2D eigenvalue weighted by molar-refractivity contribution is 0.267. The summed E-state index contributed by atoms with van der Waals surface area (Å²) in [5.74, 6) is 0.369. The molecule has 0 aromatic carbocycles. The van der Waals surface area contributed by atoms with Crippen LogP contribution in [0.15, 0.2) is 17.6 Å². The zero-order chi connectivity index (χ0) is 11.8. The van der Waals surface area contributed by atoms with E-state index in [1.807, 2.05) is 0 Å². The number of rotatable bonds is 4. The molecule has 16 heavy (non-hydrogen) atoms. The molecule has 0 amide bonds. The number of hydrogen-bond donors (Lipinski definition) is 2. The van der Waals surface area contributed by atoms with Gasteiger partial charge in [-0.1, -0.05) is 0 Å². The number of sulfonamides is 1. The van der Waals surface area contributed by atoms with Crippen LogP contribution in [0.4, 0.5) is 0 Å². The third kappa shape index (κ3) is 2.42. The van der Waals surface area contributed by atoms with E-state index < -0.39 is 10.0 Å². The molecule has 1 aromatic heterocycles. The predicted octanol–water partition coefficient (Wildman–Crippen LogP) is -0.564. The van der Waals surface area contributed by atoms with Gasteiger partial charge in [0.15, 0.2) is 5.03 Å². The number of imidazole rings is 1. The summed E-state index contributed by atoms with van der Waals surface area (Å²) in [7, 11) is -1.72. The van der Waals surface area contributed by atoms with Crippen molar-refractivity contribution in [1.82, 2.24) is 14.3 Å². The molecule has 1 aromatic rings. The molecule has 1 fully saturated rings. The molecule has 3 N–H and O–H groups in total. The fraction of sp³-hybridized carbons (Fsp3) is 0.667. The van der Waals surface area contributed by atoms with E-state index in [4.69, 9.17) is 5.73 Å². The van der Waals surface area contributed by atoms with Crippen molar-refractivity contribution in [2.75, 3.05) is 6.54 Å². The molecule has 0 bridgehead atoms. The fourth-order valence-corrected chi connectivity index (χ4v) is 2.88. The molecule has 90 valence electrons. The topological polar surface area (TPSA) is 90.0 Å². The van der Waals surface area contributed by atoms with Crippen molar-refractivity contribution < 1.29 is 8.42 Å². The molecule has 1 saturated carbocycles. The lowest BCUT2D eigenvalue weighted by Crippen LogP contribution is -2.42. The van der Waals surface area contributed by atoms with Gasteiger partial charge in [0, 0.05) is 25.8 Å². The van der Waals surface area contributed by atoms with E-state index in [2.05, 4.69) is 9.71 Å². The van der Waals surface area contributed by atoms with Crippen LogP contribution in [0.5, 0.6) is 0 Å². The van der Waals surface area contributed by atoms with Gasteiger partial charge in [0.2, 0.25) is 0 Å². The van der Waals surface area contributed by atoms with Gasteiger partial charge in [-0.25, -0.2) is 18.1 Å². The molecule has 0 spiro atoms. The van der Waals surface area contributed by atoms with E-state index in [9.17, 15) is 8.42 Å². The van der Waals surface area contributed by atoms with E-state index in [1.165, 1.54) is 12.5 Å². The maximum atomic E-state index is 11.8. The summed E-state index contributed by atoms with van der Waals surface area (Å²) < 4.78 is 27.7. The van der Waals surface area contributed by atoms with Crippen molar-refractivity contribution >= 4 is 10.0 Å². The first-order chi connectivity index (χ1) is 7.47. The molecule has 0 atom stereocenters. The van der Waals surface area contributed by atoms with Crippen molar-refractivity contribution in [3.63, 3.8) is 0 Å². The average molecular weight is 244 g/mol. The van der Waals surface area contributed by atoms with Crippen LogP contribution in [-0.4, -0.2) is 30.6 Å². The third-order valence-electron chi connectivity index (χ3n) is 2.79. The van der Waals surface area contributed by atoms with Crippen molar-refractivity contribution in [1.29, 1.82) is 0 Å². The SMILES string of the molecule is Cn1cnc(S(=O)(=O)NCC2CC(N)C2)c1. The van der Waals surface area contributed by atoms with E-state index in [0.717, 1.165) is 12.8 Å². The van der Waals surface area contributed by atoms with Crippen molar-refractivity contribution in [3.8, 4) is 0 Å². The minimum Gasteiger partial charge on any atom is -0.339 e. The van der Waals surface area contributed by atoms with Crippen LogP contribution >= 0.6 is 0 Å². The lowest BCUT2D eigenvalue weighted by atomic mass is 9.81. The summed E-state index contributed by atoms with van der Waals surface area (Å²) in [5.41, 5.74) is 5.63. The number of nitrogens with one attached hydrogen (secondary N) is 1. The average Bonchev–Trinajstić information content (AvgIpc) is 2.58. The highest BCUT2D eigenvalue weighted by Crippen LogP contribution is 2.24. The highest BCUT2D eigenvalue weighted by atomic mass is 32.2. The van der Waals surface area contributed by atoms with Gasteiger partial charge in [-0.2, -0.15) is 0 Å². The summed E-state index contributed by atoms with van der Waals surface area (Å²) in [6.07, 6.45) is 4.73. The summed E-state index contributed by atoms with van der Waals surface area (Å²) in [6.45, 7) is 0.451. The number of aromatic nitrogens is 2. The second-order valence-corrected chi connectivity index (χ2v) is 6.04. The van der Waals surface area contributed by atoms with Crippen LogP contribution < -0.4 is 10.5 Å². The predicted molar refractivity (Wildman–Crippen MR) is 59.1 cm³/mol. The van der Waals surface area contributed by atoms with Crippen LogP contribution in [0, 0.1) is 5.92 Å². The third-order valence-corrected chi connectivity index (χ3v) is 4.10. The maximum absolute atomic E-state index is 11.8. The molecular formula is C9H16N4O2S. The van der Waals surface area contributed by atoms with Gasteiger partial charge >= 0.3 is 0 Å². The highest BCUT2D eigenvalue weighted by molar-refractivity contribution is 7.89. The summed E-state index contributed by atoms with van der Waals surface area (Å²) in [6, 6.07) is 0.240. The second-order valence-electron chi connectivity index (χ2n) is 4.33. The first kappa shape index (κ1) is 11.6. The van der Waals surface area contributed by atoms with Crippen molar-refractivity contribution in [2.24, 2.45) is 18.7 Å². The zero-order valence-corrected chi connectivity index (χ0v) is 9.94. The monoisotopic (exact) mass is 244 g/mol. The van der Waals surface area contributed by atoms with Gasteiger partial charge in [0.1, 0.15) is 0 Å². The van der Waals surface area contributed by atoms with Crippen LogP contribution in [0.25, 0.3) is 0 Å². The first-order valence-corrected chi connectivity index (χ1v) is 6.69. The number of aryl methyl sites for hydroxylation is 1. The van der Waals surface area contributed by atoms with Gasteiger partial charge < -0.3 is 10.3 Å². The molecular weight excluding hydrogens is 228 g/mol. The Kier molecular flexibility index (Phi) is 3.00. The molecule has 7 heteroatoms. The number of nitrogens with zero attached hydrogens (tertiary/aromatic N) is 2. The quantitative estimate of drug-likeness (QED) is 0.742. The summed E-state index contributed by atoms with van der Waals surface area (Å²) >= 11 is 0. The first-order valence-electron chi connectivity index (χ1n) is 5.20. The summed E-state index contributed by atoms with van der Waals surface area (Å²) in [5, 5.41) is 0.0682. The molecule has 1 heterocycles. The van der Waals surface area contributed by atoms with E-state index >= 15 is 0 Å². The van der Waals surface area contributed by atoms with Gasteiger partial charge in [0.25, 0.3) is 10.0 Å². The Morgan fingerprint density at radius 3 is 2.81 bits per heavy atom. The normalized spacial score (nSPS) is 25.4. The molecule has 2 rings (SSSR count). The van der Waals surface area contributed by atoms with Gasteiger partial charge in [0.05, 0.1) is 6.33 Å². The van der Waals surface area contributed by atoms with Crippen LogP contribution in [0.3, 0.4) is 0 Å². The van der Waals surface area contributed by atoms with Crippen LogP contribution in [0.1, 0.15) is 12.8 Å². The summed E-state index contributed by atoms with van der Waals surface area (Å²) in [4.78, 5) is 3.81. The maximum Gasteiger partial charge on any atom is 0.259 e. The highest BCUT2D eigenvalue weighted by Gasteiger charge is 2.27. The minimum atomic E-state index is -3.45. The molecule has 0 saturated heterocycles. The molecule has 0 aliphatic heterocycles. The fourth-order valence-electron chi connectivity index (χ4n) is 1.78. The Labute approximate surface area is 94.9 Å². The Morgan fingerprint density at radius 2 is 2.31 bits per heavy atom. The minimum absolute atomic E-state index is 0.0682.